The maximum Gasteiger partial charge on any atom is 0.416 e. The molecule has 10 heteroatoms. The van der Waals surface area contributed by atoms with E-state index in [2.05, 4.69) is 20.5 Å². The van der Waals surface area contributed by atoms with E-state index < -0.39 is 11.7 Å². The first-order chi connectivity index (χ1) is 13.7. The number of aliphatic imine (C=N–C) groups is 1. The number of halogens is 4. The van der Waals surface area contributed by atoms with E-state index in [1.807, 2.05) is 0 Å². The molecule has 0 saturated carbocycles. The zero-order chi connectivity index (χ0) is 21.4. The molecule has 2 N–H and O–H groups in total. The standard InChI is InChI=1S/C20H30F3N5O.HI/c1-24-19(26-14-15-7-9-16(10-8-15)20(21,22)23)25-11-5-13-28-12-4-6-17(28)18(29)27(2)3;/h7-10,17H,4-6,11-14H2,1-3H3,(H2,24,25,26);1H. The molecule has 1 unspecified atom stereocenters. The molecule has 1 aromatic rings. The van der Waals surface area contributed by atoms with Crippen molar-refractivity contribution in [3.63, 3.8) is 0 Å². The van der Waals surface area contributed by atoms with E-state index in [-0.39, 0.29) is 35.9 Å². The van der Waals surface area contributed by atoms with E-state index in [0.717, 1.165) is 50.0 Å². The topological polar surface area (TPSA) is 60.0 Å². The summed E-state index contributed by atoms with van der Waals surface area (Å²) in [6.07, 6.45) is -1.53. The number of amides is 1. The van der Waals surface area contributed by atoms with E-state index in [0.29, 0.717) is 19.0 Å². The van der Waals surface area contributed by atoms with Gasteiger partial charge in [-0.2, -0.15) is 13.2 Å². The van der Waals surface area contributed by atoms with Crippen molar-refractivity contribution in [2.24, 2.45) is 4.99 Å². The highest BCUT2D eigenvalue weighted by Crippen LogP contribution is 2.29. The fourth-order valence-corrected chi connectivity index (χ4v) is 3.38. The summed E-state index contributed by atoms with van der Waals surface area (Å²) in [7, 11) is 5.22. The molecule has 0 aliphatic carbocycles. The fraction of sp³-hybridized carbons (Fsp3) is 0.600. The Hall–Kier alpha value is -1.56. The molecule has 1 aliphatic rings. The summed E-state index contributed by atoms with van der Waals surface area (Å²) < 4.78 is 37.8. The predicted octanol–water partition coefficient (Wildman–Crippen LogP) is 2.93. The van der Waals surface area contributed by atoms with Crippen LogP contribution in [0.1, 0.15) is 30.4 Å². The summed E-state index contributed by atoms with van der Waals surface area (Å²) >= 11 is 0. The molecule has 2 rings (SSSR count). The molecule has 1 fully saturated rings. The van der Waals surface area contributed by atoms with Gasteiger partial charge in [-0.15, -0.1) is 24.0 Å². The lowest BCUT2D eigenvalue weighted by Gasteiger charge is -2.26. The molecule has 6 nitrogen and oxygen atoms in total. The Balaban J connectivity index is 0.00000450. The molecule has 1 saturated heterocycles. The zero-order valence-corrected chi connectivity index (χ0v) is 20.0. The normalized spacial score (nSPS) is 17.4. The second-order valence-corrected chi connectivity index (χ2v) is 7.33. The van der Waals surface area contributed by atoms with Gasteiger partial charge in [0.1, 0.15) is 0 Å². The number of nitrogens with one attached hydrogen (secondary N) is 2. The number of rotatable bonds is 7. The van der Waals surface area contributed by atoms with Gasteiger partial charge in [0.15, 0.2) is 5.96 Å². The lowest BCUT2D eigenvalue weighted by molar-refractivity contribution is -0.137. The number of carbonyl (C=O) groups excluding carboxylic acids is 1. The lowest BCUT2D eigenvalue weighted by atomic mass is 10.1. The summed E-state index contributed by atoms with van der Waals surface area (Å²) in [5, 5.41) is 6.30. The Morgan fingerprint density at radius 2 is 1.90 bits per heavy atom. The van der Waals surface area contributed by atoms with Gasteiger partial charge in [-0.3, -0.25) is 14.7 Å². The van der Waals surface area contributed by atoms with Crippen LogP contribution in [0, 0.1) is 0 Å². The monoisotopic (exact) mass is 541 g/mol. The summed E-state index contributed by atoms with van der Waals surface area (Å²) in [6, 6.07) is 5.04. The zero-order valence-electron chi connectivity index (χ0n) is 17.6. The minimum Gasteiger partial charge on any atom is -0.356 e. The SMILES string of the molecule is CN=C(NCCCN1CCCC1C(=O)N(C)C)NCc1ccc(C(F)(F)F)cc1.I. The molecule has 30 heavy (non-hydrogen) atoms. The number of alkyl halides is 3. The molecule has 1 aliphatic heterocycles. The van der Waals surface area contributed by atoms with Gasteiger partial charge in [0.25, 0.3) is 0 Å². The molecular formula is C20H31F3IN5O. The van der Waals surface area contributed by atoms with Gasteiger partial charge < -0.3 is 15.5 Å². The van der Waals surface area contributed by atoms with E-state index in [1.54, 1.807) is 26.0 Å². The minimum atomic E-state index is -4.32. The summed E-state index contributed by atoms with van der Waals surface area (Å²) in [6.45, 7) is 2.83. The first-order valence-electron chi connectivity index (χ1n) is 9.78. The summed E-state index contributed by atoms with van der Waals surface area (Å²) in [5.74, 6) is 0.747. The van der Waals surface area contributed by atoms with Gasteiger partial charge >= 0.3 is 6.18 Å². The Morgan fingerprint density at radius 1 is 1.23 bits per heavy atom. The van der Waals surface area contributed by atoms with E-state index >= 15 is 0 Å². The van der Waals surface area contributed by atoms with Crippen LogP contribution in [0.4, 0.5) is 13.2 Å². The van der Waals surface area contributed by atoms with Crippen LogP contribution in [-0.4, -0.2) is 68.5 Å². The molecule has 1 amide bonds. The first-order valence-corrected chi connectivity index (χ1v) is 9.78. The highest BCUT2D eigenvalue weighted by atomic mass is 127. The molecule has 0 radical (unpaired) electrons. The number of benzene rings is 1. The Kier molecular flexibility index (Phi) is 10.9. The van der Waals surface area contributed by atoms with Crippen LogP contribution in [0.5, 0.6) is 0 Å². The number of hydrogen-bond donors (Lipinski definition) is 2. The van der Waals surface area contributed by atoms with Crippen LogP contribution in [0.3, 0.4) is 0 Å². The van der Waals surface area contributed by atoms with Crippen LogP contribution >= 0.6 is 24.0 Å². The van der Waals surface area contributed by atoms with Crippen molar-refractivity contribution in [1.29, 1.82) is 0 Å². The van der Waals surface area contributed by atoms with Crippen molar-refractivity contribution in [2.75, 3.05) is 40.8 Å². The van der Waals surface area contributed by atoms with E-state index in [9.17, 15) is 18.0 Å². The van der Waals surface area contributed by atoms with E-state index in [1.165, 1.54) is 12.1 Å². The molecule has 0 spiro atoms. The van der Waals surface area contributed by atoms with Crippen LogP contribution in [0.15, 0.2) is 29.3 Å². The third-order valence-corrected chi connectivity index (χ3v) is 4.97. The second kappa shape index (κ2) is 12.3. The van der Waals surface area contributed by atoms with Crippen LogP contribution in [0.25, 0.3) is 0 Å². The summed E-state index contributed by atoms with van der Waals surface area (Å²) in [5.41, 5.74) is 0.0831. The van der Waals surface area contributed by atoms with E-state index in [4.69, 9.17) is 0 Å². The van der Waals surface area contributed by atoms with Gasteiger partial charge in [0, 0.05) is 40.8 Å². The maximum atomic E-state index is 12.6. The van der Waals surface area contributed by atoms with Crippen molar-refractivity contribution in [2.45, 2.75) is 38.0 Å². The average Bonchev–Trinajstić information content (AvgIpc) is 3.14. The molecule has 1 heterocycles. The highest BCUT2D eigenvalue weighted by molar-refractivity contribution is 14.0. The first kappa shape index (κ1) is 26.5. The van der Waals surface area contributed by atoms with Gasteiger partial charge in [-0.25, -0.2) is 0 Å². The number of carbonyl (C=O) groups is 1. The number of likely N-dealkylation sites (tertiary alicyclic amines) is 1. The van der Waals surface area contributed by atoms with Crippen LogP contribution in [0.2, 0.25) is 0 Å². The predicted molar refractivity (Wildman–Crippen MR) is 123 cm³/mol. The fourth-order valence-electron chi connectivity index (χ4n) is 3.38. The lowest BCUT2D eigenvalue weighted by Crippen LogP contribution is -2.44. The number of hydrogen-bond acceptors (Lipinski definition) is 3. The molecule has 170 valence electrons. The Bertz CT molecular complexity index is 695. The minimum absolute atomic E-state index is 0. The van der Waals surface area contributed by atoms with Crippen LogP contribution in [-0.2, 0) is 17.5 Å². The van der Waals surface area contributed by atoms with Crippen molar-refractivity contribution in [1.82, 2.24) is 20.4 Å². The maximum absolute atomic E-state index is 12.6. The Morgan fingerprint density at radius 3 is 2.47 bits per heavy atom. The van der Waals surface area contributed by atoms with Crippen molar-refractivity contribution in [3.05, 3.63) is 35.4 Å². The van der Waals surface area contributed by atoms with Gasteiger partial charge in [-0.1, -0.05) is 12.1 Å². The third-order valence-electron chi connectivity index (χ3n) is 4.97. The second-order valence-electron chi connectivity index (χ2n) is 7.33. The highest BCUT2D eigenvalue weighted by Gasteiger charge is 2.31. The third kappa shape index (κ3) is 7.93. The molecular weight excluding hydrogens is 510 g/mol. The number of nitrogens with zero attached hydrogens (tertiary/aromatic N) is 3. The molecule has 1 aromatic carbocycles. The van der Waals surface area contributed by atoms with Crippen molar-refractivity contribution in [3.8, 4) is 0 Å². The van der Waals surface area contributed by atoms with Gasteiger partial charge in [0.05, 0.1) is 11.6 Å². The molecule has 0 bridgehead atoms. The summed E-state index contributed by atoms with van der Waals surface area (Å²) in [4.78, 5) is 20.2. The van der Waals surface area contributed by atoms with Gasteiger partial charge in [-0.05, 0) is 43.5 Å². The molecule has 0 aromatic heterocycles. The smallest absolute Gasteiger partial charge is 0.356 e. The number of likely N-dealkylation sites (N-methyl/N-ethyl adjacent to an activating group) is 1. The van der Waals surface area contributed by atoms with Crippen molar-refractivity contribution < 1.29 is 18.0 Å². The Labute approximate surface area is 193 Å². The van der Waals surface area contributed by atoms with Crippen molar-refractivity contribution >= 4 is 35.8 Å². The van der Waals surface area contributed by atoms with Gasteiger partial charge in [0.2, 0.25) is 5.91 Å². The average molecular weight is 541 g/mol. The largest absolute Gasteiger partial charge is 0.416 e. The molecule has 1 atom stereocenters. The quantitative estimate of drug-likeness (QED) is 0.241. The van der Waals surface area contributed by atoms with Crippen LogP contribution < -0.4 is 10.6 Å². The number of guanidine groups is 1.